The van der Waals surface area contributed by atoms with Crippen LogP contribution in [0.4, 0.5) is 0 Å². The first-order valence-corrected chi connectivity index (χ1v) is 4.73. The second-order valence-electron chi connectivity index (χ2n) is 3.42. The maximum absolute atomic E-state index is 11.5. The Kier molecular flexibility index (Phi) is 2.08. The van der Waals surface area contributed by atoms with Gasteiger partial charge in [0.25, 0.3) is 5.56 Å². The number of aromatic nitrogens is 1. The van der Waals surface area contributed by atoms with Gasteiger partial charge in [0.1, 0.15) is 5.02 Å². The molecule has 0 spiro atoms. The number of pyridine rings is 1. The van der Waals surface area contributed by atoms with Gasteiger partial charge in [0.05, 0.1) is 5.52 Å². The van der Waals surface area contributed by atoms with E-state index in [0.29, 0.717) is 0 Å². The van der Waals surface area contributed by atoms with Crippen LogP contribution >= 0.6 is 11.6 Å². The molecule has 0 radical (unpaired) electrons. The molecule has 0 fully saturated rings. The van der Waals surface area contributed by atoms with Gasteiger partial charge in [0.2, 0.25) is 0 Å². The molecule has 0 saturated carbocycles. The second kappa shape index (κ2) is 3.14. The van der Waals surface area contributed by atoms with Gasteiger partial charge >= 0.3 is 0 Å². The first-order chi connectivity index (χ1) is 6.59. The van der Waals surface area contributed by atoms with E-state index in [0.717, 1.165) is 16.5 Å². The fourth-order valence-electron chi connectivity index (χ4n) is 1.53. The summed E-state index contributed by atoms with van der Waals surface area (Å²) >= 11 is 5.80. The highest BCUT2D eigenvalue weighted by Crippen LogP contribution is 2.16. The summed E-state index contributed by atoms with van der Waals surface area (Å²) in [5.41, 5.74) is 1.90. The average molecular weight is 208 g/mol. The Balaban J connectivity index is 2.99. The third kappa shape index (κ3) is 1.32. The lowest BCUT2D eigenvalue weighted by Crippen LogP contribution is -2.17. The molecule has 2 rings (SSSR count). The van der Waals surface area contributed by atoms with Gasteiger partial charge < -0.3 is 4.57 Å². The van der Waals surface area contributed by atoms with E-state index in [4.69, 9.17) is 11.6 Å². The van der Waals surface area contributed by atoms with Crippen molar-refractivity contribution in [3.8, 4) is 0 Å². The third-order valence-corrected chi connectivity index (χ3v) is 2.61. The molecule has 0 unspecified atom stereocenters. The lowest BCUT2D eigenvalue weighted by molar-refractivity contribution is 0.906. The summed E-state index contributed by atoms with van der Waals surface area (Å²) < 4.78 is 1.57. The molecule has 0 saturated heterocycles. The van der Waals surface area contributed by atoms with Crippen LogP contribution in [0.5, 0.6) is 0 Å². The van der Waals surface area contributed by atoms with Gasteiger partial charge in [-0.05, 0) is 30.0 Å². The highest BCUT2D eigenvalue weighted by molar-refractivity contribution is 6.31. The maximum Gasteiger partial charge on any atom is 0.269 e. The summed E-state index contributed by atoms with van der Waals surface area (Å²) in [5.74, 6) is 0. The Morgan fingerprint density at radius 3 is 2.71 bits per heavy atom. The molecule has 2 nitrogen and oxygen atoms in total. The van der Waals surface area contributed by atoms with Gasteiger partial charge in [0, 0.05) is 7.05 Å². The highest BCUT2D eigenvalue weighted by Gasteiger charge is 2.03. The topological polar surface area (TPSA) is 22.0 Å². The summed E-state index contributed by atoms with van der Waals surface area (Å²) in [6.45, 7) is 2.00. The molecule has 0 amide bonds. The first-order valence-electron chi connectivity index (χ1n) is 4.35. The van der Waals surface area contributed by atoms with Crippen molar-refractivity contribution in [1.29, 1.82) is 0 Å². The zero-order valence-corrected chi connectivity index (χ0v) is 8.80. The summed E-state index contributed by atoms with van der Waals surface area (Å²) in [4.78, 5) is 11.5. The Labute approximate surface area is 86.7 Å². The fraction of sp³-hybridized carbons (Fsp3) is 0.182. The van der Waals surface area contributed by atoms with Crippen molar-refractivity contribution in [1.82, 2.24) is 4.57 Å². The van der Waals surface area contributed by atoms with Gasteiger partial charge in [0.15, 0.2) is 0 Å². The SMILES string of the molecule is Cc1ccc2cc(Cl)c(=O)n(C)c2c1. The van der Waals surface area contributed by atoms with Crippen molar-refractivity contribution in [2.75, 3.05) is 0 Å². The van der Waals surface area contributed by atoms with Crippen molar-refractivity contribution < 1.29 is 0 Å². The number of nitrogens with zero attached hydrogens (tertiary/aromatic N) is 1. The molecule has 0 atom stereocenters. The van der Waals surface area contributed by atoms with Crippen LogP contribution in [0.2, 0.25) is 5.02 Å². The van der Waals surface area contributed by atoms with Crippen LogP contribution in [0.15, 0.2) is 29.1 Å². The zero-order valence-electron chi connectivity index (χ0n) is 8.04. The van der Waals surface area contributed by atoms with E-state index in [1.165, 1.54) is 0 Å². The molecule has 72 valence electrons. The van der Waals surface area contributed by atoms with Crippen LogP contribution < -0.4 is 5.56 Å². The lowest BCUT2D eigenvalue weighted by atomic mass is 10.1. The van der Waals surface area contributed by atoms with Crippen LogP contribution in [0.1, 0.15) is 5.56 Å². The molecule has 1 aromatic heterocycles. The first kappa shape index (κ1) is 9.28. The van der Waals surface area contributed by atoms with Crippen LogP contribution in [0.25, 0.3) is 10.9 Å². The van der Waals surface area contributed by atoms with Crippen molar-refractivity contribution >= 4 is 22.5 Å². The predicted octanol–water partition coefficient (Wildman–Crippen LogP) is 2.50. The van der Waals surface area contributed by atoms with Crippen molar-refractivity contribution in [2.24, 2.45) is 7.05 Å². The van der Waals surface area contributed by atoms with Crippen molar-refractivity contribution in [3.05, 3.63) is 45.2 Å². The van der Waals surface area contributed by atoms with Gasteiger partial charge in [-0.3, -0.25) is 4.79 Å². The monoisotopic (exact) mass is 207 g/mol. The number of rotatable bonds is 0. The number of fused-ring (bicyclic) bond motifs is 1. The molecule has 3 heteroatoms. The van der Waals surface area contributed by atoms with Gasteiger partial charge in [-0.2, -0.15) is 0 Å². The summed E-state index contributed by atoms with van der Waals surface area (Å²) in [5, 5.41) is 1.26. The number of hydrogen-bond donors (Lipinski definition) is 0. The molecule has 2 aromatic rings. The molecule has 0 aliphatic carbocycles. The Morgan fingerprint density at radius 1 is 1.29 bits per heavy atom. The van der Waals surface area contributed by atoms with Crippen molar-refractivity contribution in [2.45, 2.75) is 6.92 Å². The van der Waals surface area contributed by atoms with Crippen LogP contribution in [-0.4, -0.2) is 4.57 Å². The maximum atomic E-state index is 11.5. The summed E-state index contributed by atoms with van der Waals surface area (Å²) in [6, 6.07) is 7.66. The second-order valence-corrected chi connectivity index (χ2v) is 3.83. The van der Waals surface area contributed by atoms with Crippen LogP contribution in [0.3, 0.4) is 0 Å². The minimum Gasteiger partial charge on any atom is -0.310 e. The Hall–Kier alpha value is -1.28. The van der Waals surface area contributed by atoms with Gasteiger partial charge in [-0.15, -0.1) is 0 Å². The average Bonchev–Trinajstić information content (AvgIpc) is 2.16. The number of halogens is 1. The molecule has 14 heavy (non-hydrogen) atoms. The van der Waals surface area contributed by atoms with E-state index in [2.05, 4.69) is 0 Å². The molecule has 0 aliphatic heterocycles. The normalized spacial score (nSPS) is 10.8. The minimum atomic E-state index is -0.148. The molecule has 0 aliphatic rings. The molecular formula is C11H10ClNO. The predicted molar refractivity (Wildman–Crippen MR) is 58.9 cm³/mol. The fourth-order valence-corrected chi connectivity index (χ4v) is 1.78. The number of aryl methyl sites for hydroxylation is 2. The smallest absolute Gasteiger partial charge is 0.269 e. The lowest BCUT2D eigenvalue weighted by Gasteiger charge is -2.05. The summed E-state index contributed by atoms with van der Waals surface area (Å²) in [6.07, 6.45) is 0. The zero-order chi connectivity index (χ0) is 10.3. The van der Waals surface area contributed by atoms with E-state index in [1.54, 1.807) is 17.7 Å². The molecule has 1 aromatic carbocycles. The van der Waals surface area contributed by atoms with E-state index >= 15 is 0 Å². The number of benzene rings is 1. The van der Waals surface area contributed by atoms with E-state index in [9.17, 15) is 4.79 Å². The van der Waals surface area contributed by atoms with Crippen LogP contribution in [-0.2, 0) is 7.05 Å². The molecule has 0 N–H and O–H groups in total. The van der Waals surface area contributed by atoms with Crippen LogP contribution in [0, 0.1) is 6.92 Å². The largest absolute Gasteiger partial charge is 0.310 e. The summed E-state index contributed by atoms with van der Waals surface area (Å²) in [7, 11) is 1.73. The number of hydrogen-bond acceptors (Lipinski definition) is 1. The van der Waals surface area contributed by atoms with E-state index in [-0.39, 0.29) is 10.6 Å². The minimum absolute atomic E-state index is 0.148. The third-order valence-electron chi connectivity index (χ3n) is 2.34. The van der Waals surface area contributed by atoms with E-state index in [1.807, 2.05) is 25.1 Å². The highest BCUT2D eigenvalue weighted by atomic mass is 35.5. The Bertz CT molecular complexity index is 557. The van der Waals surface area contributed by atoms with Crippen molar-refractivity contribution in [3.63, 3.8) is 0 Å². The van der Waals surface area contributed by atoms with E-state index < -0.39 is 0 Å². The van der Waals surface area contributed by atoms with Gasteiger partial charge in [-0.25, -0.2) is 0 Å². The molecule has 1 heterocycles. The van der Waals surface area contributed by atoms with Gasteiger partial charge in [-0.1, -0.05) is 23.7 Å². The molecule has 0 bridgehead atoms. The Morgan fingerprint density at radius 2 is 2.00 bits per heavy atom. The quantitative estimate of drug-likeness (QED) is 0.651. The molecular weight excluding hydrogens is 198 g/mol. The standard InChI is InChI=1S/C11H10ClNO/c1-7-3-4-8-6-9(12)11(14)13(2)10(8)5-7/h3-6H,1-2H3.